The number of nitrogens with one attached hydrogen (secondary N) is 1. The summed E-state index contributed by atoms with van der Waals surface area (Å²) in [6.07, 6.45) is -4.57. The van der Waals surface area contributed by atoms with Crippen molar-refractivity contribution in [1.82, 2.24) is 10.1 Å². The molecule has 0 atom stereocenters. The highest BCUT2D eigenvalue weighted by molar-refractivity contribution is 5.99. The molecule has 10 heteroatoms. The number of nitrogens with zero attached hydrogens (tertiary/aromatic N) is 2. The molecule has 0 saturated carbocycles. The Labute approximate surface area is 153 Å². The van der Waals surface area contributed by atoms with Crippen LogP contribution in [0.1, 0.15) is 21.7 Å². The van der Waals surface area contributed by atoms with E-state index in [2.05, 4.69) is 10.5 Å². The molecule has 0 fully saturated rings. The molecule has 1 aromatic heterocycles. The number of methoxy groups -OCH3 is 1. The fourth-order valence-corrected chi connectivity index (χ4v) is 2.25. The lowest BCUT2D eigenvalue weighted by Gasteiger charge is -2.22. The van der Waals surface area contributed by atoms with Gasteiger partial charge in [-0.15, -0.1) is 0 Å². The predicted octanol–water partition coefficient (Wildman–Crippen LogP) is 2.73. The first-order valence-electron chi connectivity index (χ1n) is 7.89. The molecule has 27 heavy (non-hydrogen) atoms. The summed E-state index contributed by atoms with van der Waals surface area (Å²) >= 11 is 0. The molecule has 2 aromatic rings. The van der Waals surface area contributed by atoms with Crippen molar-refractivity contribution in [2.24, 2.45) is 0 Å². The van der Waals surface area contributed by atoms with E-state index < -0.39 is 23.6 Å². The minimum Gasteiger partial charge on any atom is -0.383 e. The van der Waals surface area contributed by atoms with Gasteiger partial charge >= 0.3 is 6.18 Å². The number of amides is 2. The molecule has 0 radical (unpaired) electrons. The quantitative estimate of drug-likeness (QED) is 0.792. The first-order valence-corrected chi connectivity index (χ1v) is 7.89. The van der Waals surface area contributed by atoms with Crippen molar-refractivity contribution in [3.05, 3.63) is 47.2 Å². The molecule has 2 rings (SSSR count). The summed E-state index contributed by atoms with van der Waals surface area (Å²) in [5, 5.41) is 6.06. The SMILES string of the molecule is COCCN(CC(=O)Nc1cc(C)on1)C(=O)c1cccc(C(F)(F)F)c1. The Balaban J connectivity index is 2.14. The Bertz CT molecular complexity index is 805. The third kappa shape index (κ3) is 5.81. The van der Waals surface area contributed by atoms with Crippen molar-refractivity contribution >= 4 is 17.6 Å². The van der Waals surface area contributed by atoms with Gasteiger partial charge in [-0.05, 0) is 25.1 Å². The lowest BCUT2D eigenvalue weighted by molar-refractivity contribution is -0.137. The highest BCUT2D eigenvalue weighted by atomic mass is 19.4. The molecular formula is C17H18F3N3O4. The van der Waals surface area contributed by atoms with Crippen molar-refractivity contribution in [3.8, 4) is 0 Å². The molecule has 2 amide bonds. The van der Waals surface area contributed by atoms with E-state index in [9.17, 15) is 22.8 Å². The summed E-state index contributed by atoms with van der Waals surface area (Å²) in [5.41, 5.74) is -1.12. The van der Waals surface area contributed by atoms with Crippen LogP contribution in [0.4, 0.5) is 19.0 Å². The highest BCUT2D eigenvalue weighted by Gasteiger charge is 2.31. The second-order valence-corrected chi connectivity index (χ2v) is 5.67. The molecule has 1 aromatic carbocycles. The van der Waals surface area contributed by atoms with Crippen molar-refractivity contribution < 1.29 is 32.0 Å². The standard InChI is InChI=1S/C17H18F3N3O4/c1-11-8-14(22-27-11)21-15(24)10-23(6-7-26-2)16(25)12-4-3-5-13(9-12)17(18,19)20/h3-5,8-9H,6-7,10H2,1-2H3,(H,21,22,24). The largest absolute Gasteiger partial charge is 0.416 e. The van der Waals surface area contributed by atoms with Gasteiger partial charge in [0.25, 0.3) is 5.91 Å². The molecule has 1 heterocycles. The van der Waals surface area contributed by atoms with Gasteiger partial charge in [0.1, 0.15) is 12.3 Å². The minimum absolute atomic E-state index is 0.0246. The van der Waals surface area contributed by atoms with E-state index in [-0.39, 0.29) is 31.1 Å². The van der Waals surface area contributed by atoms with Crippen LogP contribution < -0.4 is 5.32 Å². The lowest BCUT2D eigenvalue weighted by Crippen LogP contribution is -2.40. The number of halogens is 3. The molecule has 0 spiro atoms. The predicted molar refractivity (Wildman–Crippen MR) is 89.1 cm³/mol. The van der Waals surface area contributed by atoms with Gasteiger partial charge in [0.15, 0.2) is 5.82 Å². The lowest BCUT2D eigenvalue weighted by atomic mass is 10.1. The maximum Gasteiger partial charge on any atom is 0.416 e. The number of aromatic nitrogens is 1. The molecule has 0 aliphatic rings. The fourth-order valence-electron chi connectivity index (χ4n) is 2.25. The number of carbonyl (C=O) groups excluding carboxylic acids is 2. The van der Waals surface area contributed by atoms with E-state index >= 15 is 0 Å². The van der Waals surface area contributed by atoms with Crippen LogP contribution in [0.2, 0.25) is 0 Å². The molecular weight excluding hydrogens is 367 g/mol. The molecule has 0 aliphatic heterocycles. The van der Waals surface area contributed by atoms with Crippen LogP contribution in [0, 0.1) is 6.92 Å². The van der Waals surface area contributed by atoms with Crippen LogP contribution in [-0.2, 0) is 15.7 Å². The first kappa shape index (κ1) is 20.4. The Morgan fingerprint density at radius 3 is 2.63 bits per heavy atom. The number of aryl methyl sites for hydroxylation is 1. The minimum atomic E-state index is -4.57. The summed E-state index contributed by atoms with van der Waals surface area (Å²) in [7, 11) is 1.41. The Morgan fingerprint density at radius 2 is 2.04 bits per heavy atom. The van der Waals surface area contributed by atoms with E-state index in [4.69, 9.17) is 9.26 Å². The molecule has 0 aliphatic carbocycles. The van der Waals surface area contributed by atoms with E-state index in [1.807, 2.05) is 0 Å². The number of anilines is 1. The van der Waals surface area contributed by atoms with E-state index in [1.165, 1.54) is 19.2 Å². The summed E-state index contributed by atoms with van der Waals surface area (Å²) in [6, 6.07) is 5.52. The van der Waals surface area contributed by atoms with Crippen LogP contribution >= 0.6 is 0 Å². The first-order chi connectivity index (χ1) is 12.7. The summed E-state index contributed by atoms with van der Waals surface area (Å²) in [4.78, 5) is 25.9. The van der Waals surface area contributed by atoms with E-state index in [1.54, 1.807) is 6.92 Å². The molecule has 0 saturated heterocycles. The van der Waals surface area contributed by atoms with Crippen LogP contribution in [-0.4, -0.2) is 48.7 Å². The van der Waals surface area contributed by atoms with Crippen molar-refractivity contribution in [2.75, 3.05) is 32.1 Å². The topological polar surface area (TPSA) is 84.7 Å². The summed E-state index contributed by atoms with van der Waals surface area (Å²) in [5.74, 6) is -0.623. The number of hydrogen-bond donors (Lipinski definition) is 1. The number of rotatable bonds is 7. The summed E-state index contributed by atoms with van der Waals surface area (Å²) < 4.78 is 48.3. The zero-order valence-corrected chi connectivity index (χ0v) is 14.7. The van der Waals surface area contributed by atoms with Gasteiger partial charge in [-0.3, -0.25) is 9.59 Å². The average molecular weight is 385 g/mol. The molecule has 146 valence electrons. The number of hydrogen-bond acceptors (Lipinski definition) is 5. The Morgan fingerprint density at radius 1 is 1.30 bits per heavy atom. The Kier molecular flexibility index (Phi) is 6.56. The van der Waals surface area contributed by atoms with Crippen molar-refractivity contribution in [2.45, 2.75) is 13.1 Å². The van der Waals surface area contributed by atoms with Crippen LogP contribution in [0.3, 0.4) is 0 Å². The van der Waals surface area contributed by atoms with Crippen LogP contribution in [0.15, 0.2) is 34.9 Å². The monoisotopic (exact) mass is 385 g/mol. The van der Waals surface area contributed by atoms with Gasteiger partial charge in [0.2, 0.25) is 5.91 Å². The van der Waals surface area contributed by atoms with Gasteiger partial charge in [-0.25, -0.2) is 0 Å². The zero-order valence-electron chi connectivity index (χ0n) is 14.7. The van der Waals surface area contributed by atoms with Crippen molar-refractivity contribution in [3.63, 3.8) is 0 Å². The van der Waals surface area contributed by atoms with Crippen molar-refractivity contribution in [1.29, 1.82) is 0 Å². The molecule has 0 bridgehead atoms. The number of alkyl halides is 3. The number of benzene rings is 1. The molecule has 0 unspecified atom stereocenters. The number of carbonyl (C=O) groups is 2. The number of ether oxygens (including phenoxy) is 1. The van der Waals surface area contributed by atoms with Gasteiger partial charge < -0.3 is 19.5 Å². The third-order valence-electron chi connectivity index (χ3n) is 3.52. The molecule has 1 N–H and O–H groups in total. The van der Waals surface area contributed by atoms with Gasteiger partial charge in [0, 0.05) is 25.3 Å². The maximum atomic E-state index is 12.9. The molecule has 7 nitrogen and oxygen atoms in total. The normalized spacial score (nSPS) is 11.3. The van der Waals surface area contributed by atoms with E-state index in [0.717, 1.165) is 23.1 Å². The van der Waals surface area contributed by atoms with Gasteiger partial charge in [-0.2, -0.15) is 13.2 Å². The smallest absolute Gasteiger partial charge is 0.383 e. The third-order valence-corrected chi connectivity index (χ3v) is 3.52. The maximum absolute atomic E-state index is 12.9. The highest BCUT2D eigenvalue weighted by Crippen LogP contribution is 2.29. The van der Waals surface area contributed by atoms with Crippen LogP contribution in [0.25, 0.3) is 0 Å². The van der Waals surface area contributed by atoms with Crippen LogP contribution in [0.5, 0.6) is 0 Å². The second-order valence-electron chi connectivity index (χ2n) is 5.67. The van der Waals surface area contributed by atoms with Gasteiger partial charge in [0.05, 0.1) is 12.2 Å². The fraction of sp³-hybridized carbons (Fsp3) is 0.353. The zero-order chi connectivity index (χ0) is 20.0. The van der Waals surface area contributed by atoms with E-state index in [0.29, 0.717) is 5.76 Å². The van der Waals surface area contributed by atoms with Gasteiger partial charge in [-0.1, -0.05) is 11.2 Å². The Hall–Kier alpha value is -2.88. The summed E-state index contributed by atoms with van der Waals surface area (Å²) in [6.45, 7) is 1.40. The second kappa shape index (κ2) is 8.67. The average Bonchev–Trinajstić information content (AvgIpc) is 3.02.